The quantitative estimate of drug-likeness (QED) is 0.866. The van der Waals surface area contributed by atoms with E-state index < -0.39 is 23.4 Å². The molecule has 1 aromatic carbocycles. The number of Topliss-reactive ketones (excluding diaryl/α,β-unsaturated/α-hetero) is 3. The zero-order valence-corrected chi connectivity index (χ0v) is 14.1. The maximum atomic E-state index is 12.4. The number of carbonyl (C=O) groups excluding carboxylic acids is 3. The molecule has 0 spiro atoms. The van der Waals surface area contributed by atoms with E-state index in [0.717, 1.165) is 17.5 Å². The standard InChI is InChI=1S/C19H24O4/c1-5-13-6-8-14(9-7-13)17-16(11(2)20)15(22)10-19(4,23)18(17)12(3)21/h6-9,16-18,23H,5,10H2,1-4H3/t16-,17-,18-,19+/m1/s1. The molecule has 0 aromatic heterocycles. The predicted molar refractivity (Wildman–Crippen MR) is 87.2 cm³/mol. The maximum absolute atomic E-state index is 12.4. The molecule has 23 heavy (non-hydrogen) atoms. The van der Waals surface area contributed by atoms with Crippen molar-refractivity contribution in [2.45, 2.75) is 52.1 Å². The van der Waals surface area contributed by atoms with Gasteiger partial charge in [0.25, 0.3) is 0 Å². The van der Waals surface area contributed by atoms with E-state index in [0.29, 0.717) is 0 Å². The second kappa shape index (κ2) is 6.36. The Morgan fingerprint density at radius 1 is 1.17 bits per heavy atom. The Balaban J connectivity index is 2.58. The Bertz CT molecular complexity index is 627. The molecule has 1 aromatic rings. The summed E-state index contributed by atoms with van der Waals surface area (Å²) >= 11 is 0. The number of hydrogen-bond acceptors (Lipinski definition) is 4. The lowest BCUT2D eigenvalue weighted by Gasteiger charge is -2.44. The lowest BCUT2D eigenvalue weighted by molar-refractivity contribution is -0.151. The van der Waals surface area contributed by atoms with Gasteiger partial charge in [0, 0.05) is 12.3 Å². The van der Waals surface area contributed by atoms with Crippen LogP contribution in [0.5, 0.6) is 0 Å². The van der Waals surface area contributed by atoms with Crippen molar-refractivity contribution in [1.82, 2.24) is 0 Å². The van der Waals surface area contributed by atoms with Gasteiger partial charge in [-0.15, -0.1) is 0 Å². The molecule has 0 amide bonds. The Hall–Kier alpha value is -1.81. The summed E-state index contributed by atoms with van der Waals surface area (Å²) in [5.41, 5.74) is 0.473. The summed E-state index contributed by atoms with van der Waals surface area (Å²) in [6, 6.07) is 7.61. The van der Waals surface area contributed by atoms with Gasteiger partial charge in [0.1, 0.15) is 17.3 Å². The van der Waals surface area contributed by atoms with Gasteiger partial charge in [-0.2, -0.15) is 0 Å². The molecule has 0 unspecified atom stereocenters. The molecule has 4 atom stereocenters. The van der Waals surface area contributed by atoms with Crippen molar-refractivity contribution in [3.8, 4) is 0 Å². The molecule has 0 radical (unpaired) electrons. The number of aliphatic hydroxyl groups is 1. The summed E-state index contributed by atoms with van der Waals surface area (Å²) in [5.74, 6) is -2.96. The molecular formula is C19H24O4. The first-order valence-corrected chi connectivity index (χ1v) is 8.04. The lowest BCUT2D eigenvalue weighted by atomic mass is 9.60. The molecular weight excluding hydrogens is 292 g/mol. The van der Waals surface area contributed by atoms with Gasteiger partial charge in [-0.1, -0.05) is 31.2 Å². The van der Waals surface area contributed by atoms with E-state index >= 15 is 0 Å². The predicted octanol–water partition coefficient (Wildman–Crippen LogP) is 2.47. The summed E-state index contributed by atoms with van der Waals surface area (Å²) in [6.07, 6.45) is 0.721. The first kappa shape index (κ1) is 17.5. The largest absolute Gasteiger partial charge is 0.389 e. The SMILES string of the molecule is CCc1ccc([C@@H]2[C@H](C(C)=O)C(=O)C[C@](C)(O)[C@@H]2C(C)=O)cc1. The number of ketones is 3. The molecule has 1 saturated carbocycles. The molecule has 1 fully saturated rings. The number of hydrogen-bond donors (Lipinski definition) is 1. The number of benzene rings is 1. The van der Waals surface area contributed by atoms with Crippen molar-refractivity contribution < 1.29 is 19.5 Å². The van der Waals surface area contributed by atoms with Crippen LogP contribution in [0.4, 0.5) is 0 Å². The fourth-order valence-corrected chi connectivity index (χ4v) is 3.88. The lowest BCUT2D eigenvalue weighted by Crippen LogP contribution is -2.53. The average molecular weight is 316 g/mol. The molecule has 0 aliphatic heterocycles. The van der Waals surface area contributed by atoms with Crippen LogP contribution in [0.2, 0.25) is 0 Å². The van der Waals surface area contributed by atoms with E-state index in [4.69, 9.17) is 0 Å². The third kappa shape index (κ3) is 3.27. The smallest absolute Gasteiger partial charge is 0.146 e. The first-order valence-electron chi connectivity index (χ1n) is 8.04. The summed E-state index contributed by atoms with van der Waals surface area (Å²) < 4.78 is 0. The minimum atomic E-state index is -1.43. The molecule has 0 bridgehead atoms. The Kier molecular flexibility index (Phi) is 4.85. The Morgan fingerprint density at radius 2 is 1.74 bits per heavy atom. The van der Waals surface area contributed by atoms with Gasteiger partial charge in [0.05, 0.1) is 17.4 Å². The zero-order valence-electron chi connectivity index (χ0n) is 14.1. The second-order valence-electron chi connectivity index (χ2n) is 6.80. The van der Waals surface area contributed by atoms with E-state index in [1.807, 2.05) is 31.2 Å². The van der Waals surface area contributed by atoms with E-state index in [1.54, 1.807) is 0 Å². The molecule has 1 aliphatic carbocycles. The Labute approximate surface area is 136 Å². The minimum Gasteiger partial charge on any atom is -0.389 e. The van der Waals surface area contributed by atoms with Crippen molar-refractivity contribution in [2.24, 2.45) is 11.8 Å². The van der Waals surface area contributed by atoms with Crippen molar-refractivity contribution in [2.75, 3.05) is 0 Å². The molecule has 1 N–H and O–H groups in total. The van der Waals surface area contributed by atoms with Crippen LogP contribution in [0.25, 0.3) is 0 Å². The van der Waals surface area contributed by atoms with Crippen molar-refractivity contribution in [3.63, 3.8) is 0 Å². The highest BCUT2D eigenvalue weighted by molar-refractivity contribution is 6.05. The minimum absolute atomic E-state index is 0.162. The van der Waals surface area contributed by atoms with E-state index in [2.05, 4.69) is 0 Å². The van der Waals surface area contributed by atoms with E-state index in [1.165, 1.54) is 20.8 Å². The van der Waals surface area contributed by atoms with Gasteiger partial charge in [0.2, 0.25) is 0 Å². The highest BCUT2D eigenvalue weighted by Gasteiger charge is 2.53. The summed E-state index contributed by atoms with van der Waals surface area (Å²) in [7, 11) is 0. The number of aryl methyl sites for hydroxylation is 1. The molecule has 0 heterocycles. The molecule has 4 nitrogen and oxygen atoms in total. The number of carbonyl (C=O) groups is 3. The third-order valence-electron chi connectivity index (χ3n) is 4.92. The summed E-state index contributed by atoms with van der Waals surface area (Å²) in [4.78, 5) is 36.7. The number of rotatable bonds is 4. The molecule has 0 saturated heterocycles. The van der Waals surface area contributed by atoms with Crippen molar-refractivity contribution in [1.29, 1.82) is 0 Å². The summed E-state index contributed by atoms with van der Waals surface area (Å²) in [6.45, 7) is 6.36. The fourth-order valence-electron chi connectivity index (χ4n) is 3.88. The van der Waals surface area contributed by atoms with Crippen LogP contribution in [0.3, 0.4) is 0 Å². The van der Waals surface area contributed by atoms with Crippen LogP contribution < -0.4 is 0 Å². The fraction of sp³-hybridized carbons (Fsp3) is 0.526. The van der Waals surface area contributed by atoms with Gasteiger partial charge in [-0.3, -0.25) is 14.4 Å². The van der Waals surface area contributed by atoms with Gasteiger partial charge in [0.15, 0.2) is 0 Å². The average Bonchev–Trinajstić information content (AvgIpc) is 2.44. The molecule has 1 aliphatic rings. The molecule has 124 valence electrons. The zero-order chi connectivity index (χ0) is 17.4. The van der Waals surface area contributed by atoms with Crippen molar-refractivity contribution in [3.05, 3.63) is 35.4 Å². The molecule has 2 rings (SSSR count). The van der Waals surface area contributed by atoms with Gasteiger partial charge in [-0.25, -0.2) is 0 Å². The Morgan fingerprint density at radius 3 is 2.17 bits per heavy atom. The maximum Gasteiger partial charge on any atom is 0.146 e. The van der Waals surface area contributed by atoms with Crippen LogP contribution >= 0.6 is 0 Å². The van der Waals surface area contributed by atoms with Crippen LogP contribution in [-0.4, -0.2) is 28.1 Å². The van der Waals surface area contributed by atoms with Gasteiger partial charge < -0.3 is 5.11 Å². The normalized spacial score (nSPS) is 31.0. The van der Waals surface area contributed by atoms with Crippen molar-refractivity contribution >= 4 is 17.3 Å². The second-order valence-corrected chi connectivity index (χ2v) is 6.80. The first-order chi connectivity index (χ1) is 10.7. The van der Waals surface area contributed by atoms with Crippen LogP contribution in [-0.2, 0) is 20.8 Å². The summed E-state index contributed by atoms with van der Waals surface area (Å²) in [5, 5.41) is 10.7. The monoisotopic (exact) mass is 316 g/mol. The van der Waals surface area contributed by atoms with Gasteiger partial charge >= 0.3 is 0 Å². The van der Waals surface area contributed by atoms with Crippen LogP contribution in [0, 0.1) is 11.8 Å². The topological polar surface area (TPSA) is 71.4 Å². The van der Waals surface area contributed by atoms with E-state index in [-0.39, 0.29) is 23.8 Å². The highest BCUT2D eigenvalue weighted by atomic mass is 16.3. The van der Waals surface area contributed by atoms with Crippen LogP contribution in [0.1, 0.15) is 51.2 Å². The van der Waals surface area contributed by atoms with E-state index in [9.17, 15) is 19.5 Å². The van der Waals surface area contributed by atoms with Gasteiger partial charge in [-0.05, 0) is 38.3 Å². The molecule has 4 heteroatoms. The third-order valence-corrected chi connectivity index (χ3v) is 4.92. The van der Waals surface area contributed by atoms with Crippen LogP contribution in [0.15, 0.2) is 24.3 Å². The highest BCUT2D eigenvalue weighted by Crippen LogP contribution is 2.46.